The molecule has 0 aliphatic carbocycles. The van der Waals surface area contributed by atoms with Gasteiger partial charge in [-0.05, 0) is 43.3 Å². The van der Waals surface area contributed by atoms with Crippen molar-refractivity contribution in [2.24, 2.45) is 0 Å². The number of aromatic nitrogens is 4. The molecule has 1 atom stereocenters. The maximum absolute atomic E-state index is 12.7. The minimum absolute atomic E-state index is 0.0441. The number of hydrogen-bond donors (Lipinski definition) is 0. The molecule has 0 aliphatic rings. The summed E-state index contributed by atoms with van der Waals surface area (Å²) in [5, 5.41) is 12.2. The standard InChI is InChI=1S/C19H20N4O2S/c1-4-25-17-8-6-5-7-16(17)23-19(20-21-22-23)26-14(3)18(24)15-11-9-13(2)10-12-15/h5-12,14H,4H2,1-3H3/t14-/m0/s1. The summed E-state index contributed by atoms with van der Waals surface area (Å²) < 4.78 is 7.26. The number of ether oxygens (including phenoxy) is 1. The van der Waals surface area contributed by atoms with Gasteiger partial charge in [-0.2, -0.15) is 4.68 Å². The number of hydrogen-bond acceptors (Lipinski definition) is 6. The van der Waals surface area contributed by atoms with Gasteiger partial charge in [0.1, 0.15) is 11.4 Å². The number of thioether (sulfide) groups is 1. The van der Waals surface area contributed by atoms with E-state index in [-0.39, 0.29) is 11.0 Å². The van der Waals surface area contributed by atoms with Crippen LogP contribution in [0.5, 0.6) is 5.75 Å². The Hall–Kier alpha value is -2.67. The summed E-state index contributed by atoms with van der Waals surface area (Å²) in [4.78, 5) is 12.7. The molecule has 0 spiro atoms. The molecule has 0 aliphatic heterocycles. The van der Waals surface area contributed by atoms with Gasteiger partial charge in [-0.1, -0.05) is 53.7 Å². The predicted octanol–water partition coefficient (Wildman–Crippen LogP) is 3.73. The Morgan fingerprint density at radius 3 is 2.65 bits per heavy atom. The molecule has 1 aromatic heterocycles. The van der Waals surface area contributed by atoms with Crippen LogP contribution < -0.4 is 4.74 Å². The molecule has 0 bridgehead atoms. The Kier molecular flexibility index (Phi) is 5.68. The Balaban J connectivity index is 1.83. The van der Waals surface area contributed by atoms with Crippen molar-refractivity contribution in [3.8, 4) is 11.4 Å². The minimum atomic E-state index is -0.318. The van der Waals surface area contributed by atoms with Crippen LogP contribution in [0.2, 0.25) is 0 Å². The molecule has 3 rings (SSSR count). The first-order valence-electron chi connectivity index (χ1n) is 8.38. The Bertz CT molecular complexity index is 893. The van der Waals surface area contributed by atoms with E-state index in [1.807, 2.05) is 69.3 Å². The highest BCUT2D eigenvalue weighted by Crippen LogP contribution is 2.29. The van der Waals surface area contributed by atoms with Gasteiger partial charge in [-0.25, -0.2) is 0 Å². The van der Waals surface area contributed by atoms with Crippen LogP contribution in [0.15, 0.2) is 53.7 Å². The summed E-state index contributed by atoms with van der Waals surface area (Å²) in [6.45, 7) is 6.33. The van der Waals surface area contributed by atoms with Crippen molar-refractivity contribution in [3.05, 3.63) is 59.7 Å². The van der Waals surface area contributed by atoms with Crippen LogP contribution in [0.1, 0.15) is 29.8 Å². The minimum Gasteiger partial charge on any atom is -0.492 e. The second-order valence-electron chi connectivity index (χ2n) is 5.76. The van der Waals surface area contributed by atoms with Gasteiger partial charge in [0.2, 0.25) is 5.16 Å². The Morgan fingerprint density at radius 2 is 1.92 bits per heavy atom. The number of carbonyl (C=O) groups is 1. The summed E-state index contributed by atoms with van der Waals surface area (Å²) >= 11 is 1.33. The number of ketones is 1. The fraction of sp³-hybridized carbons (Fsp3) is 0.263. The van der Waals surface area contributed by atoms with Crippen LogP contribution in [0.4, 0.5) is 0 Å². The van der Waals surface area contributed by atoms with E-state index >= 15 is 0 Å². The Morgan fingerprint density at radius 1 is 1.19 bits per heavy atom. The third kappa shape index (κ3) is 3.94. The van der Waals surface area contributed by atoms with Crippen LogP contribution in [0, 0.1) is 6.92 Å². The highest BCUT2D eigenvalue weighted by molar-refractivity contribution is 8.00. The first-order valence-corrected chi connectivity index (χ1v) is 9.26. The van der Waals surface area contributed by atoms with E-state index in [2.05, 4.69) is 15.5 Å². The van der Waals surface area contributed by atoms with Crippen LogP contribution in [-0.2, 0) is 0 Å². The fourth-order valence-electron chi connectivity index (χ4n) is 2.48. The van der Waals surface area contributed by atoms with E-state index in [9.17, 15) is 4.79 Å². The van der Waals surface area contributed by atoms with Crippen molar-refractivity contribution in [3.63, 3.8) is 0 Å². The maximum Gasteiger partial charge on any atom is 0.214 e. The molecular formula is C19H20N4O2S. The van der Waals surface area contributed by atoms with E-state index in [0.717, 1.165) is 11.3 Å². The molecule has 0 unspecified atom stereocenters. The summed E-state index contributed by atoms with van der Waals surface area (Å²) in [6, 6.07) is 15.1. The molecule has 0 fully saturated rings. The smallest absolute Gasteiger partial charge is 0.214 e. The lowest BCUT2D eigenvalue weighted by molar-refractivity contribution is 0.0994. The molecule has 0 amide bonds. The lowest BCUT2D eigenvalue weighted by atomic mass is 10.1. The van der Waals surface area contributed by atoms with E-state index in [1.165, 1.54) is 11.8 Å². The van der Waals surface area contributed by atoms with E-state index in [4.69, 9.17) is 4.74 Å². The van der Waals surface area contributed by atoms with Crippen molar-refractivity contribution in [1.29, 1.82) is 0 Å². The lowest BCUT2D eigenvalue weighted by Crippen LogP contribution is -2.15. The SMILES string of the molecule is CCOc1ccccc1-n1nnnc1S[C@@H](C)C(=O)c1ccc(C)cc1. The van der Waals surface area contributed by atoms with Crippen molar-refractivity contribution in [2.75, 3.05) is 6.61 Å². The topological polar surface area (TPSA) is 69.9 Å². The monoisotopic (exact) mass is 368 g/mol. The van der Waals surface area contributed by atoms with Crippen LogP contribution in [-0.4, -0.2) is 37.8 Å². The largest absolute Gasteiger partial charge is 0.492 e. The molecule has 0 radical (unpaired) electrons. The van der Waals surface area contributed by atoms with Gasteiger partial charge in [-0.3, -0.25) is 4.79 Å². The summed E-state index contributed by atoms with van der Waals surface area (Å²) in [5.41, 5.74) is 2.56. The van der Waals surface area contributed by atoms with Gasteiger partial charge in [0.25, 0.3) is 0 Å². The predicted molar refractivity (Wildman–Crippen MR) is 101 cm³/mol. The molecule has 3 aromatic rings. The van der Waals surface area contributed by atoms with Gasteiger partial charge in [0.05, 0.1) is 11.9 Å². The molecule has 7 heteroatoms. The molecule has 0 saturated heterocycles. The first-order chi connectivity index (χ1) is 12.6. The number of para-hydroxylation sites is 2. The van der Waals surface area contributed by atoms with Crippen LogP contribution in [0.25, 0.3) is 5.69 Å². The van der Waals surface area contributed by atoms with Gasteiger partial charge in [-0.15, -0.1) is 5.10 Å². The van der Waals surface area contributed by atoms with Gasteiger partial charge < -0.3 is 4.74 Å². The van der Waals surface area contributed by atoms with E-state index in [1.54, 1.807) is 4.68 Å². The number of carbonyl (C=O) groups excluding carboxylic acids is 1. The third-order valence-corrected chi connectivity index (χ3v) is 4.85. The summed E-state index contributed by atoms with van der Waals surface area (Å²) in [6.07, 6.45) is 0. The number of aryl methyl sites for hydroxylation is 1. The quantitative estimate of drug-likeness (QED) is 0.467. The molecular weight excluding hydrogens is 348 g/mol. The summed E-state index contributed by atoms with van der Waals surface area (Å²) in [7, 11) is 0. The zero-order valence-corrected chi connectivity index (χ0v) is 15.7. The third-order valence-electron chi connectivity index (χ3n) is 3.82. The number of benzene rings is 2. The highest BCUT2D eigenvalue weighted by atomic mass is 32.2. The molecule has 0 N–H and O–H groups in total. The number of nitrogens with zero attached hydrogens (tertiary/aromatic N) is 4. The van der Waals surface area contributed by atoms with Gasteiger partial charge in [0.15, 0.2) is 5.78 Å². The average Bonchev–Trinajstić information content (AvgIpc) is 3.10. The van der Waals surface area contributed by atoms with Crippen molar-refractivity contribution < 1.29 is 9.53 Å². The molecule has 0 saturated carbocycles. The normalized spacial score (nSPS) is 12.0. The molecule has 1 heterocycles. The second kappa shape index (κ2) is 8.14. The molecule has 2 aromatic carbocycles. The highest BCUT2D eigenvalue weighted by Gasteiger charge is 2.21. The zero-order chi connectivity index (χ0) is 18.5. The van der Waals surface area contributed by atoms with E-state index in [0.29, 0.717) is 23.1 Å². The number of Topliss-reactive ketones (excluding diaryl/α,β-unsaturated/α-hetero) is 1. The van der Waals surface area contributed by atoms with Crippen molar-refractivity contribution in [1.82, 2.24) is 20.2 Å². The first kappa shape index (κ1) is 18.1. The fourth-order valence-corrected chi connectivity index (χ4v) is 3.36. The second-order valence-corrected chi connectivity index (χ2v) is 7.07. The molecule has 26 heavy (non-hydrogen) atoms. The Labute approximate surface area is 156 Å². The van der Waals surface area contributed by atoms with Crippen LogP contribution >= 0.6 is 11.8 Å². The number of tetrazole rings is 1. The van der Waals surface area contributed by atoms with Crippen molar-refractivity contribution in [2.45, 2.75) is 31.2 Å². The lowest BCUT2D eigenvalue weighted by Gasteiger charge is -2.12. The molecule has 6 nitrogen and oxygen atoms in total. The summed E-state index contributed by atoms with van der Waals surface area (Å²) in [5.74, 6) is 0.740. The van der Waals surface area contributed by atoms with Gasteiger partial charge >= 0.3 is 0 Å². The molecule has 134 valence electrons. The number of rotatable bonds is 7. The van der Waals surface area contributed by atoms with Crippen molar-refractivity contribution >= 4 is 17.5 Å². The maximum atomic E-state index is 12.7. The average molecular weight is 368 g/mol. The van der Waals surface area contributed by atoms with E-state index < -0.39 is 0 Å². The zero-order valence-electron chi connectivity index (χ0n) is 14.9. The van der Waals surface area contributed by atoms with Gasteiger partial charge in [0, 0.05) is 5.56 Å². The van der Waals surface area contributed by atoms with Crippen LogP contribution in [0.3, 0.4) is 0 Å².